The van der Waals surface area contributed by atoms with Gasteiger partial charge in [-0.05, 0) is 43.3 Å². The smallest absolute Gasteiger partial charge is 0.350 e. The molecular weight excluding hydrogens is 281 g/mol. The zero-order valence-corrected chi connectivity index (χ0v) is 11.7. The summed E-state index contributed by atoms with van der Waals surface area (Å²) in [5.74, 6) is -0.400. The van der Waals surface area contributed by atoms with Crippen LogP contribution in [-0.4, -0.2) is 10.5 Å². The van der Waals surface area contributed by atoms with E-state index in [1.165, 1.54) is 12.1 Å². The normalized spacial score (nSPS) is 11.5. The zero-order valence-electron chi connectivity index (χ0n) is 11.7. The second-order valence-electron chi connectivity index (χ2n) is 4.78. The first-order valence-corrected chi connectivity index (χ1v) is 6.35. The number of benzene rings is 1. The van der Waals surface area contributed by atoms with Gasteiger partial charge in [-0.3, -0.25) is 4.79 Å². The van der Waals surface area contributed by atoms with E-state index >= 15 is 0 Å². The number of carbonyl (C=O) groups is 1. The molecule has 1 aromatic heterocycles. The zero-order chi connectivity index (χ0) is 15.6. The molecule has 1 N–H and O–H groups in total. The highest BCUT2D eigenvalue weighted by Crippen LogP contribution is 2.29. The minimum absolute atomic E-state index is 0.203. The van der Waals surface area contributed by atoms with Gasteiger partial charge in [-0.2, -0.15) is 13.2 Å². The summed E-state index contributed by atoms with van der Waals surface area (Å²) in [5.41, 5.74) is 1.42. The first kappa shape index (κ1) is 15.2. The molecule has 3 nitrogen and oxygen atoms in total. The highest BCUT2D eigenvalue weighted by molar-refractivity contribution is 5.94. The number of halogens is 3. The van der Waals surface area contributed by atoms with Crippen LogP contribution in [0.25, 0.3) is 0 Å². The van der Waals surface area contributed by atoms with Crippen LogP contribution in [0, 0.1) is 6.92 Å². The number of nitrogens with one attached hydrogen (secondary N) is 1. The van der Waals surface area contributed by atoms with Crippen LogP contribution in [0.5, 0.6) is 0 Å². The van der Waals surface area contributed by atoms with E-state index in [-0.39, 0.29) is 5.56 Å². The Morgan fingerprint density at radius 1 is 1.14 bits per heavy atom. The van der Waals surface area contributed by atoms with Crippen molar-refractivity contribution >= 4 is 5.91 Å². The van der Waals surface area contributed by atoms with Crippen LogP contribution in [0.1, 0.15) is 27.3 Å². The summed E-state index contributed by atoms with van der Waals surface area (Å²) in [6.45, 7) is 2.27. The molecule has 21 heavy (non-hydrogen) atoms. The Kier molecular flexibility index (Phi) is 4.06. The molecule has 0 aliphatic rings. The minimum Gasteiger partial charge on any atom is -0.350 e. The van der Waals surface area contributed by atoms with Crippen molar-refractivity contribution in [2.24, 2.45) is 7.05 Å². The Bertz CT molecular complexity index is 642. The lowest BCUT2D eigenvalue weighted by atomic mass is 10.1. The molecule has 0 radical (unpaired) electrons. The van der Waals surface area contributed by atoms with Gasteiger partial charge >= 0.3 is 6.18 Å². The van der Waals surface area contributed by atoms with Crippen molar-refractivity contribution in [3.05, 3.63) is 58.9 Å². The molecule has 0 bridgehead atoms. The summed E-state index contributed by atoms with van der Waals surface area (Å²) >= 11 is 0. The SMILES string of the molecule is Cc1ccc(CNC(=O)c2ccc(C(F)(F)F)cc2)n1C. The highest BCUT2D eigenvalue weighted by Gasteiger charge is 2.30. The molecule has 6 heteroatoms. The summed E-state index contributed by atoms with van der Waals surface area (Å²) in [4.78, 5) is 11.9. The summed E-state index contributed by atoms with van der Waals surface area (Å²) in [7, 11) is 1.88. The molecule has 1 amide bonds. The van der Waals surface area contributed by atoms with E-state index in [0.29, 0.717) is 6.54 Å². The fraction of sp³-hybridized carbons (Fsp3) is 0.267. The molecule has 2 rings (SSSR count). The van der Waals surface area contributed by atoms with E-state index in [4.69, 9.17) is 0 Å². The van der Waals surface area contributed by atoms with Gasteiger partial charge in [-0.15, -0.1) is 0 Å². The third kappa shape index (κ3) is 3.45. The van der Waals surface area contributed by atoms with Gasteiger partial charge in [0.25, 0.3) is 5.91 Å². The van der Waals surface area contributed by atoms with Crippen LogP contribution in [0.3, 0.4) is 0 Å². The fourth-order valence-corrected chi connectivity index (χ4v) is 1.93. The molecule has 0 saturated heterocycles. The third-order valence-electron chi connectivity index (χ3n) is 3.38. The van der Waals surface area contributed by atoms with Gasteiger partial charge in [0.1, 0.15) is 0 Å². The van der Waals surface area contributed by atoms with E-state index in [9.17, 15) is 18.0 Å². The molecule has 0 unspecified atom stereocenters. The predicted molar refractivity (Wildman–Crippen MR) is 72.8 cm³/mol. The van der Waals surface area contributed by atoms with Crippen molar-refractivity contribution in [3.8, 4) is 0 Å². The summed E-state index contributed by atoms with van der Waals surface area (Å²) < 4.78 is 39.2. The maximum atomic E-state index is 12.4. The first-order chi connectivity index (χ1) is 9.79. The molecule has 112 valence electrons. The first-order valence-electron chi connectivity index (χ1n) is 6.35. The average Bonchev–Trinajstić information content (AvgIpc) is 2.75. The van der Waals surface area contributed by atoms with Crippen LogP contribution >= 0.6 is 0 Å². The largest absolute Gasteiger partial charge is 0.416 e. The Labute approximate surface area is 120 Å². The molecule has 0 saturated carbocycles. The van der Waals surface area contributed by atoms with Gasteiger partial charge in [-0.25, -0.2) is 0 Å². The van der Waals surface area contributed by atoms with Crippen molar-refractivity contribution < 1.29 is 18.0 Å². The fourth-order valence-electron chi connectivity index (χ4n) is 1.93. The van der Waals surface area contributed by atoms with E-state index in [1.54, 1.807) is 0 Å². The monoisotopic (exact) mass is 296 g/mol. The molecule has 0 spiro atoms. The molecule has 2 aromatic rings. The molecule has 0 atom stereocenters. The molecule has 1 aromatic carbocycles. The average molecular weight is 296 g/mol. The molecule has 0 aliphatic carbocycles. The molecule has 0 fully saturated rings. The lowest BCUT2D eigenvalue weighted by molar-refractivity contribution is -0.137. The van der Waals surface area contributed by atoms with Crippen molar-refractivity contribution in [1.29, 1.82) is 0 Å². The third-order valence-corrected chi connectivity index (χ3v) is 3.38. The standard InChI is InChI=1S/C15H15F3N2O/c1-10-3-8-13(20(10)2)9-19-14(21)11-4-6-12(7-5-11)15(16,17)18/h3-8H,9H2,1-2H3,(H,19,21). The Balaban J connectivity index is 2.02. The highest BCUT2D eigenvalue weighted by atomic mass is 19.4. The maximum absolute atomic E-state index is 12.4. The molecular formula is C15H15F3N2O. The number of carbonyl (C=O) groups excluding carboxylic acids is 1. The van der Waals surface area contributed by atoms with E-state index in [1.807, 2.05) is 30.7 Å². The Hall–Kier alpha value is -2.24. The van der Waals surface area contributed by atoms with Crippen LogP contribution in [0.15, 0.2) is 36.4 Å². The number of rotatable bonds is 3. The van der Waals surface area contributed by atoms with Crippen molar-refractivity contribution in [1.82, 2.24) is 9.88 Å². The van der Waals surface area contributed by atoms with Gasteiger partial charge in [0.05, 0.1) is 12.1 Å². The number of hydrogen-bond acceptors (Lipinski definition) is 1. The maximum Gasteiger partial charge on any atom is 0.416 e. The number of nitrogens with zero attached hydrogens (tertiary/aromatic N) is 1. The summed E-state index contributed by atoms with van der Waals surface area (Å²) in [6, 6.07) is 7.98. The minimum atomic E-state index is -4.39. The van der Waals surface area contributed by atoms with Gasteiger partial charge in [0.15, 0.2) is 0 Å². The van der Waals surface area contributed by atoms with Crippen LogP contribution in [-0.2, 0) is 19.8 Å². The Morgan fingerprint density at radius 3 is 2.24 bits per heavy atom. The van der Waals surface area contributed by atoms with Gasteiger partial charge in [0, 0.05) is 24.0 Å². The van der Waals surface area contributed by atoms with Crippen molar-refractivity contribution in [2.75, 3.05) is 0 Å². The van der Waals surface area contributed by atoms with Crippen molar-refractivity contribution in [3.63, 3.8) is 0 Å². The van der Waals surface area contributed by atoms with Gasteiger partial charge < -0.3 is 9.88 Å². The second-order valence-corrected chi connectivity index (χ2v) is 4.78. The number of alkyl halides is 3. The topological polar surface area (TPSA) is 34.0 Å². The molecule has 1 heterocycles. The van der Waals surface area contributed by atoms with Crippen LogP contribution < -0.4 is 5.32 Å². The van der Waals surface area contributed by atoms with Gasteiger partial charge in [0.2, 0.25) is 0 Å². The van der Waals surface area contributed by atoms with E-state index < -0.39 is 17.6 Å². The van der Waals surface area contributed by atoms with Crippen LogP contribution in [0.2, 0.25) is 0 Å². The second kappa shape index (κ2) is 5.63. The number of hydrogen-bond donors (Lipinski definition) is 1. The number of amides is 1. The number of aromatic nitrogens is 1. The van der Waals surface area contributed by atoms with E-state index in [2.05, 4.69) is 5.32 Å². The van der Waals surface area contributed by atoms with Crippen molar-refractivity contribution in [2.45, 2.75) is 19.6 Å². The van der Waals surface area contributed by atoms with E-state index in [0.717, 1.165) is 23.5 Å². The quantitative estimate of drug-likeness (QED) is 0.926. The Morgan fingerprint density at radius 2 is 1.76 bits per heavy atom. The summed E-state index contributed by atoms with van der Waals surface area (Å²) in [6.07, 6.45) is -4.39. The lowest BCUT2D eigenvalue weighted by Gasteiger charge is -2.09. The summed E-state index contributed by atoms with van der Waals surface area (Å²) in [5, 5.41) is 2.69. The predicted octanol–water partition coefficient (Wildman–Crippen LogP) is 3.28. The number of aryl methyl sites for hydroxylation is 1. The van der Waals surface area contributed by atoms with Gasteiger partial charge in [-0.1, -0.05) is 0 Å². The van der Waals surface area contributed by atoms with Crippen LogP contribution in [0.4, 0.5) is 13.2 Å². The molecule has 0 aliphatic heterocycles. The lowest BCUT2D eigenvalue weighted by Crippen LogP contribution is -2.24.